The lowest BCUT2D eigenvalue weighted by molar-refractivity contribution is 0.586. The number of imidazole rings is 1. The molecule has 2 aromatic rings. The van der Waals surface area contributed by atoms with Crippen LogP contribution in [0.5, 0.6) is 0 Å². The molecule has 17 heavy (non-hydrogen) atoms. The van der Waals surface area contributed by atoms with E-state index in [4.69, 9.17) is 0 Å². The van der Waals surface area contributed by atoms with Crippen molar-refractivity contribution in [3.63, 3.8) is 0 Å². The van der Waals surface area contributed by atoms with Crippen molar-refractivity contribution in [2.75, 3.05) is 6.54 Å². The summed E-state index contributed by atoms with van der Waals surface area (Å²) in [6.45, 7) is 5.50. The molecule has 0 saturated carbocycles. The van der Waals surface area contributed by atoms with Crippen molar-refractivity contribution in [1.29, 1.82) is 0 Å². The number of nitrogens with zero attached hydrogens (tertiary/aromatic N) is 1. The zero-order valence-corrected chi connectivity index (χ0v) is 10.2. The summed E-state index contributed by atoms with van der Waals surface area (Å²) in [5.41, 5.74) is 1.47. The first-order valence-electron chi connectivity index (χ1n) is 5.10. The molecule has 0 amide bonds. The fourth-order valence-corrected chi connectivity index (χ4v) is 2.56. The van der Waals surface area contributed by atoms with Crippen LogP contribution in [0, 0.1) is 6.92 Å². The Hall–Kier alpha value is -1.66. The average Bonchev–Trinajstić information content (AvgIpc) is 2.65. The average molecular weight is 251 g/mol. The first-order valence-corrected chi connectivity index (χ1v) is 6.58. The number of nitrogens with one attached hydrogen (secondary N) is 2. The fraction of sp³-hybridized carbons (Fsp3) is 0.182. The Labute approximate surface area is 99.6 Å². The van der Waals surface area contributed by atoms with Crippen LogP contribution in [0.2, 0.25) is 0 Å². The number of rotatable bonds is 4. The molecule has 1 heterocycles. The summed E-state index contributed by atoms with van der Waals surface area (Å²) in [4.78, 5) is 7.43. The topological polar surface area (TPSA) is 74.8 Å². The summed E-state index contributed by atoms with van der Waals surface area (Å²) in [7, 11) is -3.47. The highest BCUT2D eigenvalue weighted by Gasteiger charge is 2.13. The number of sulfonamides is 1. The highest BCUT2D eigenvalue weighted by Crippen LogP contribution is 2.16. The summed E-state index contributed by atoms with van der Waals surface area (Å²) in [6, 6.07) is 4.79. The van der Waals surface area contributed by atoms with E-state index >= 15 is 0 Å². The number of hydrogen-bond donors (Lipinski definition) is 2. The molecule has 0 saturated heterocycles. The molecular weight excluding hydrogens is 238 g/mol. The van der Waals surface area contributed by atoms with Gasteiger partial charge in [0.2, 0.25) is 10.0 Å². The van der Waals surface area contributed by atoms with E-state index in [1.54, 1.807) is 12.1 Å². The second-order valence-corrected chi connectivity index (χ2v) is 5.41. The third-order valence-electron chi connectivity index (χ3n) is 2.30. The van der Waals surface area contributed by atoms with Gasteiger partial charge >= 0.3 is 0 Å². The van der Waals surface area contributed by atoms with Crippen LogP contribution in [0.25, 0.3) is 11.0 Å². The number of hydrogen-bond acceptors (Lipinski definition) is 3. The monoisotopic (exact) mass is 251 g/mol. The van der Waals surface area contributed by atoms with Crippen LogP contribution in [-0.2, 0) is 10.0 Å². The molecule has 0 aliphatic carbocycles. The predicted octanol–water partition coefficient (Wildman–Crippen LogP) is 1.34. The molecule has 0 spiro atoms. The summed E-state index contributed by atoms with van der Waals surface area (Å²) >= 11 is 0. The van der Waals surface area contributed by atoms with E-state index in [1.807, 2.05) is 6.92 Å². The standard InChI is InChI=1S/C11H13N3O2S/c1-3-6-12-17(15,16)9-4-5-10-11(7-9)14-8(2)13-10/h3-5,7,12H,1,6H2,2H3,(H,13,14). The lowest BCUT2D eigenvalue weighted by atomic mass is 10.3. The van der Waals surface area contributed by atoms with Crippen LogP contribution in [0.1, 0.15) is 5.82 Å². The minimum Gasteiger partial charge on any atom is -0.342 e. The zero-order chi connectivity index (χ0) is 12.5. The molecule has 0 bridgehead atoms. The lowest BCUT2D eigenvalue weighted by Gasteiger charge is -2.03. The minimum absolute atomic E-state index is 0.211. The van der Waals surface area contributed by atoms with E-state index in [-0.39, 0.29) is 11.4 Å². The Morgan fingerprint density at radius 1 is 1.53 bits per heavy atom. The highest BCUT2D eigenvalue weighted by molar-refractivity contribution is 7.89. The van der Waals surface area contributed by atoms with Gasteiger partial charge in [-0.05, 0) is 25.1 Å². The summed E-state index contributed by atoms with van der Waals surface area (Å²) in [5, 5.41) is 0. The fourth-order valence-electron chi connectivity index (χ4n) is 1.54. The molecule has 90 valence electrons. The second-order valence-electron chi connectivity index (χ2n) is 3.64. The number of H-pyrrole nitrogens is 1. The molecule has 0 unspecified atom stereocenters. The van der Waals surface area contributed by atoms with Gasteiger partial charge in [0.05, 0.1) is 15.9 Å². The maximum Gasteiger partial charge on any atom is 0.240 e. The van der Waals surface area contributed by atoms with E-state index in [0.29, 0.717) is 5.52 Å². The maximum absolute atomic E-state index is 11.8. The van der Waals surface area contributed by atoms with E-state index in [2.05, 4.69) is 21.3 Å². The highest BCUT2D eigenvalue weighted by atomic mass is 32.2. The smallest absolute Gasteiger partial charge is 0.240 e. The van der Waals surface area contributed by atoms with Crippen molar-refractivity contribution >= 4 is 21.1 Å². The van der Waals surface area contributed by atoms with Gasteiger partial charge in [0.1, 0.15) is 5.82 Å². The van der Waals surface area contributed by atoms with E-state index < -0.39 is 10.0 Å². The van der Waals surface area contributed by atoms with Gasteiger partial charge in [0.15, 0.2) is 0 Å². The SMILES string of the molecule is C=CCNS(=O)(=O)c1ccc2nc(C)[nH]c2c1. The Morgan fingerprint density at radius 2 is 2.29 bits per heavy atom. The van der Waals surface area contributed by atoms with Gasteiger partial charge in [-0.15, -0.1) is 6.58 Å². The Bertz CT molecular complexity index is 658. The molecule has 1 aromatic heterocycles. The van der Waals surface area contributed by atoms with Crippen molar-refractivity contribution in [2.45, 2.75) is 11.8 Å². The maximum atomic E-state index is 11.8. The molecule has 6 heteroatoms. The van der Waals surface area contributed by atoms with Crippen LogP contribution in [0.4, 0.5) is 0 Å². The first-order chi connectivity index (χ1) is 8.03. The first kappa shape index (κ1) is 11.8. The number of aromatic nitrogens is 2. The van der Waals surface area contributed by atoms with Crippen molar-refractivity contribution < 1.29 is 8.42 Å². The van der Waals surface area contributed by atoms with Gasteiger partial charge in [-0.3, -0.25) is 0 Å². The van der Waals surface area contributed by atoms with Gasteiger partial charge < -0.3 is 4.98 Å². The minimum atomic E-state index is -3.47. The number of aryl methyl sites for hydroxylation is 1. The van der Waals surface area contributed by atoms with Gasteiger partial charge in [0, 0.05) is 6.54 Å². The van der Waals surface area contributed by atoms with E-state index in [0.717, 1.165) is 11.3 Å². The normalized spacial score (nSPS) is 11.8. The molecule has 0 aliphatic heterocycles. The number of fused-ring (bicyclic) bond motifs is 1. The molecule has 2 N–H and O–H groups in total. The van der Waals surface area contributed by atoms with Crippen molar-refractivity contribution in [3.05, 3.63) is 36.7 Å². The molecule has 0 fully saturated rings. The lowest BCUT2D eigenvalue weighted by Crippen LogP contribution is -2.23. The van der Waals surface area contributed by atoms with Crippen LogP contribution in [-0.4, -0.2) is 24.9 Å². The quantitative estimate of drug-likeness (QED) is 0.805. The van der Waals surface area contributed by atoms with Crippen molar-refractivity contribution in [2.24, 2.45) is 0 Å². The van der Waals surface area contributed by atoms with Crippen LogP contribution in [0.15, 0.2) is 35.7 Å². The second kappa shape index (κ2) is 4.31. The predicted molar refractivity (Wildman–Crippen MR) is 66.2 cm³/mol. The largest absolute Gasteiger partial charge is 0.342 e. The molecule has 2 rings (SSSR count). The van der Waals surface area contributed by atoms with Crippen molar-refractivity contribution in [1.82, 2.24) is 14.7 Å². The zero-order valence-electron chi connectivity index (χ0n) is 9.40. The van der Waals surface area contributed by atoms with E-state index in [9.17, 15) is 8.42 Å². The Kier molecular flexibility index (Phi) is 2.99. The van der Waals surface area contributed by atoms with E-state index in [1.165, 1.54) is 12.1 Å². The van der Waals surface area contributed by atoms with Crippen LogP contribution < -0.4 is 4.72 Å². The molecule has 1 aromatic carbocycles. The number of aromatic amines is 1. The van der Waals surface area contributed by atoms with Crippen molar-refractivity contribution in [3.8, 4) is 0 Å². The van der Waals surface area contributed by atoms with Gasteiger partial charge in [-0.2, -0.15) is 0 Å². The van der Waals surface area contributed by atoms with Crippen LogP contribution >= 0.6 is 0 Å². The third-order valence-corrected chi connectivity index (χ3v) is 3.72. The van der Waals surface area contributed by atoms with Gasteiger partial charge in [0.25, 0.3) is 0 Å². The molecule has 0 aliphatic rings. The van der Waals surface area contributed by atoms with Gasteiger partial charge in [-0.1, -0.05) is 6.08 Å². The summed E-state index contributed by atoms with van der Waals surface area (Å²) in [6.07, 6.45) is 1.50. The van der Waals surface area contributed by atoms with Crippen LogP contribution in [0.3, 0.4) is 0 Å². The summed E-state index contributed by atoms with van der Waals surface area (Å²) in [5.74, 6) is 0.758. The molecule has 0 radical (unpaired) electrons. The Balaban J connectivity index is 2.45. The summed E-state index contributed by atoms with van der Waals surface area (Å²) < 4.78 is 26.1. The number of benzene rings is 1. The molecular formula is C11H13N3O2S. The molecule has 0 atom stereocenters. The third kappa shape index (κ3) is 2.37. The van der Waals surface area contributed by atoms with Gasteiger partial charge in [-0.25, -0.2) is 18.1 Å². The molecule has 5 nitrogen and oxygen atoms in total. The Morgan fingerprint density at radius 3 is 3.00 bits per heavy atom.